The van der Waals surface area contributed by atoms with Crippen LogP contribution in [-0.4, -0.2) is 113 Å². The van der Waals surface area contributed by atoms with Crippen LogP contribution in [0.1, 0.15) is 12.8 Å². The van der Waals surface area contributed by atoms with Crippen LogP contribution in [0.4, 0.5) is 23.0 Å². The van der Waals surface area contributed by atoms with E-state index in [0.29, 0.717) is 31.4 Å². The van der Waals surface area contributed by atoms with Gasteiger partial charge in [0.15, 0.2) is 6.10 Å². The lowest BCUT2D eigenvalue weighted by Crippen LogP contribution is -2.37. The van der Waals surface area contributed by atoms with Crippen molar-refractivity contribution < 1.29 is 23.7 Å². The molecular weight excluding hydrogens is 550 g/mol. The fourth-order valence-corrected chi connectivity index (χ4v) is 5.46. The zero-order valence-electron chi connectivity index (χ0n) is 24.1. The summed E-state index contributed by atoms with van der Waals surface area (Å²) in [4.78, 5) is 26.3. The number of carbonyl (C=O) groups is 1. The number of nitrogens with one attached hydrogen (secondary N) is 3. The third-order valence-corrected chi connectivity index (χ3v) is 7.97. The van der Waals surface area contributed by atoms with Crippen LogP contribution in [0.25, 0.3) is 0 Å². The van der Waals surface area contributed by atoms with E-state index in [2.05, 4.69) is 35.7 Å². The molecule has 0 bridgehead atoms. The highest BCUT2D eigenvalue weighted by Gasteiger charge is 2.49. The number of likely N-dealkylation sites (N-methyl/N-ethyl adjacent to an activating group) is 2. The van der Waals surface area contributed by atoms with Gasteiger partial charge in [-0.05, 0) is 51.7 Å². The Morgan fingerprint density at radius 1 is 1.17 bits per heavy atom. The molecule has 12 nitrogen and oxygen atoms in total. The van der Waals surface area contributed by atoms with Crippen LogP contribution in [-0.2, 0) is 19.0 Å². The number of aromatic nitrogens is 2. The fraction of sp³-hybridized carbons (Fsp3) is 0.607. The second kappa shape index (κ2) is 13.5. The lowest BCUT2D eigenvalue weighted by Gasteiger charge is -2.27. The van der Waals surface area contributed by atoms with E-state index in [1.807, 2.05) is 39.3 Å². The Morgan fingerprint density at radius 3 is 2.68 bits per heavy atom. The molecule has 0 spiro atoms. The number of anilines is 4. The number of amides is 1. The number of nitrogens with zero attached hydrogens (tertiary/aromatic N) is 4. The van der Waals surface area contributed by atoms with E-state index < -0.39 is 0 Å². The van der Waals surface area contributed by atoms with Gasteiger partial charge in [-0.3, -0.25) is 4.79 Å². The maximum atomic E-state index is 13.2. The van der Waals surface area contributed by atoms with Crippen molar-refractivity contribution in [2.45, 2.75) is 37.3 Å². The maximum Gasteiger partial charge on any atom is 0.237 e. The molecule has 1 unspecified atom stereocenters. The van der Waals surface area contributed by atoms with Gasteiger partial charge in [-0.25, -0.2) is 4.98 Å². The normalized spacial score (nSPS) is 25.7. The summed E-state index contributed by atoms with van der Waals surface area (Å²) in [6.45, 7) is 4.11. The number of carbonyl (C=O) groups excluding carboxylic acids is 1. The number of piperidine rings is 1. The molecule has 13 heteroatoms. The summed E-state index contributed by atoms with van der Waals surface area (Å²) >= 11 is 6.39. The zero-order valence-corrected chi connectivity index (χ0v) is 24.8. The van der Waals surface area contributed by atoms with Gasteiger partial charge in [0.25, 0.3) is 0 Å². The first-order valence-electron chi connectivity index (χ1n) is 14.1. The van der Waals surface area contributed by atoms with Crippen molar-refractivity contribution in [3.63, 3.8) is 0 Å². The van der Waals surface area contributed by atoms with Crippen molar-refractivity contribution in [2.24, 2.45) is 5.92 Å². The van der Waals surface area contributed by atoms with Gasteiger partial charge in [0.1, 0.15) is 23.3 Å². The Bertz CT molecular complexity index is 1200. The number of rotatable bonds is 11. The predicted octanol–water partition coefficient (Wildman–Crippen LogP) is 2.37. The predicted molar refractivity (Wildman–Crippen MR) is 158 cm³/mol. The van der Waals surface area contributed by atoms with Crippen LogP contribution in [0.5, 0.6) is 5.88 Å². The van der Waals surface area contributed by atoms with Crippen molar-refractivity contribution in [1.82, 2.24) is 20.2 Å². The average molecular weight is 590 g/mol. The van der Waals surface area contributed by atoms with E-state index in [4.69, 9.17) is 30.5 Å². The molecule has 3 aliphatic heterocycles. The molecule has 224 valence electrons. The topological polar surface area (TPSA) is 122 Å². The Kier molecular flexibility index (Phi) is 9.79. The number of fused-ring (bicyclic) bond motifs is 1. The Balaban J connectivity index is 1.32. The monoisotopic (exact) mass is 589 g/mol. The largest absolute Gasteiger partial charge is 0.468 e. The molecule has 4 heterocycles. The van der Waals surface area contributed by atoms with Gasteiger partial charge < -0.3 is 44.7 Å². The van der Waals surface area contributed by atoms with Gasteiger partial charge in [0.2, 0.25) is 17.7 Å². The first kappa shape index (κ1) is 29.7. The molecule has 3 fully saturated rings. The van der Waals surface area contributed by atoms with E-state index >= 15 is 0 Å². The first-order chi connectivity index (χ1) is 19.8. The SMILES string of the molecule is CO[C@@H]1CO[C@H]2[C@@H]1OC[C@H]2Oc1nc(Nc2ccc(N(C)CCN(C)C)c(NC(=O)C3CCCNC3)c2)ncc1Cl. The highest BCUT2D eigenvalue weighted by molar-refractivity contribution is 6.31. The number of hydrogen-bond acceptors (Lipinski definition) is 11. The molecule has 3 aliphatic rings. The van der Waals surface area contributed by atoms with E-state index in [1.54, 1.807) is 7.11 Å². The summed E-state index contributed by atoms with van der Waals surface area (Å²) < 4.78 is 23.3. The molecule has 1 aromatic carbocycles. The van der Waals surface area contributed by atoms with Gasteiger partial charge in [0.05, 0.1) is 36.7 Å². The molecule has 5 rings (SSSR count). The highest BCUT2D eigenvalue weighted by Crippen LogP contribution is 2.34. The van der Waals surface area contributed by atoms with Crippen molar-refractivity contribution in [2.75, 3.05) is 83.2 Å². The zero-order chi connectivity index (χ0) is 28.9. The van der Waals surface area contributed by atoms with E-state index in [9.17, 15) is 4.79 Å². The molecule has 0 radical (unpaired) electrons. The number of methoxy groups -OCH3 is 1. The number of benzene rings is 1. The molecule has 3 saturated heterocycles. The third-order valence-electron chi connectivity index (χ3n) is 7.71. The van der Waals surface area contributed by atoms with Crippen LogP contribution < -0.4 is 25.6 Å². The van der Waals surface area contributed by atoms with E-state index in [-0.39, 0.29) is 47.1 Å². The van der Waals surface area contributed by atoms with Crippen molar-refractivity contribution in [3.8, 4) is 5.88 Å². The minimum atomic E-state index is -0.367. The molecule has 0 saturated carbocycles. The smallest absolute Gasteiger partial charge is 0.237 e. The van der Waals surface area contributed by atoms with Gasteiger partial charge in [0, 0.05) is 39.5 Å². The lowest BCUT2D eigenvalue weighted by atomic mass is 9.98. The minimum Gasteiger partial charge on any atom is -0.468 e. The second-order valence-electron chi connectivity index (χ2n) is 11.0. The fourth-order valence-electron chi connectivity index (χ4n) is 5.33. The lowest BCUT2D eigenvalue weighted by molar-refractivity contribution is -0.120. The molecule has 1 aromatic heterocycles. The molecule has 5 atom stereocenters. The molecule has 1 amide bonds. The summed E-state index contributed by atoms with van der Waals surface area (Å²) in [6.07, 6.45) is 2.42. The Hall–Kier alpha value is -2.74. The van der Waals surface area contributed by atoms with Crippen molar-refractivity contribution in [3.05, 3.63) is 29.4 Å². The first-order valence-corrected chi connectivity index (χ1v) is 14.4. The van der Waals surface area contributed by atoms with E-state index in [0.717, 1.165) is 43.9 Å². The van der Waals surface area contributed by atoms with Crippen LogP contribution in [0.2, 0.25) is 5.02 Å². The number of halogens is 1. The molecular formula is C28H40ClN7O5. The Labute approximate surface area is 246 Å². The van der Waals surface area contributed by atoms with Crippen LogP contribution in [0, 0.1) is 5.92 Å². The quantitative estimate of drug-likeness (QED) is 0.358. The van der Waals surface area contributed by atoms with Gasteiger partial charge >= 0.3 is 0 Å². The maximum absolute atomic E-state index is 13.2. The van der Waals surface area contributed by atoms with Crippen molar-refractivity contribution >= 4 is 40.5 Å². The summed E-state index contributed by atoms with van der Waals surface area (Å²) in [7, 11) is 7.75. The van der Waals surface area contributed by atoms with Crippen LogP contribution in [0.15, 0.2) is 24.4 Å². The Morgan fingerprint density at radius 2 is 1.95 bits per heavy atom. The van der Waals surface area contributed by atoms with Crippen LogP contribution in [0.3, 0.4) is 0 Å². The second-order valence-corrected chi connectivity index (χ2v) is 11.4. The summed E-state index contributed by atoms with van der Waals surface area (Å²) in [5, 5.41) is 10.0. The third kappa shape index (κ3) is 7.19. The standard InChI is InChI=1S/C28H40ClN7O5/c1-35(2)10-11-36(3)21-8-7-18(12-20(21)33-26(37)17-6-5-9-30-13-17)32-28-31-14-19(29)27(34-28)41-23-16-40-24-22(38-4)15-39-25(23)24/h7-8,12,14,17,22-25,30H,5-6,9-11,13,15-16H2,1-4H3,(H,33,37)(H,31,32,34)/t17?,22-,23-,24-,25-/m1/s1. The summed E-state index contributed by atoms with van der Waals surface area (Å²) in [5.41, 5.74) is 2.36. The molecule has 0 aliphatic carbocycles. The van der Waals surface area contributed by atoms with Crippen LogP contribution >= 0.6 is 11.6 Å². The summed E-state index contributed by atoms with van der Waals surface area (Å²) in [6, 6.07) is 5.82. The summed E-state index contributed by atoms with van der Waals surface area (Å²) in [5.74, 6) is 0.490. The molecule has 2 aromatic rings. The van der Waals surface area contributed by atoms with Crippen molar-refractivity contribution in [1.29, 1.82) is 0 Å². The molecule has 3 N–H and O–H groups in total. The van der Waals surface area contributed by atoms with E-state index in [1.165, 1.54) is 6.20 Å². The average Bonchev–Trinajstić information content (AvgIpc) is 3.56. The number of hydrogen-bond donors (Lipinski definition) is 3. The van der Waals surface area contributed by atoms with Gasteiger partial charge in [-0.1, -0.05) is 11.6 Å². The van der Waals surface area contributed by atoms with Gasteiger partial charge in [-0.15, -0.1) is 0 Å². The van der Waals surface area contributed by atoms with Gasteiger partial charge in [-0.2, -0.15) is 4.98 Å². The minimum absolute atomic E-state index is 0.0111. The molecule has 41 heavy (non-hydrogen) atoms. The number of ether oxygens (including phenoxy) is 4. The highest BCUT2D eigenvalue weighted by atomic mass is 35.5.